The first-order chi connectivity index (χ1) is 10.1. The number of unbranched alkanes of at least 4 members (excludes halogenated alkanes) is 1. The van der Waals surface area contributed by atoms with E-state index in [2.05, 4.69) is 34.4 Å². The minimum atomic E-state index is 0. The van der Waals surface area contributed by atoms with E-state index in [-0.39, 0.29) is 29.4 Å². The Morgan fingerprint density at radius 2 is 2.00 bits per heavy atom. The van der Waals surface area contributed by atoms with Crippen LogP contribution in [0.3, 0.4) is 0 Å². The predicted octanol–water partition coefficient (Wildman–Crippen LogP) is 2.07. The number of rotatable bonds is 6. The summed E-state index contributed by atoms with van der Waals surface area (Å²) < 4.78 is 5.29. The van der Waals surface area contributed by atoms with E-state index < -0.39 is 0 Å². The van der Waals surface area contributed by atoms with Gasteiger partial charge >= 0.3 is 0 Å². The number of hydrogen-bond acceptors (Lipinski definition) is 3. The van der Waals surface area contributed by atoms with E-state index >= 15 is 0 Å². The van der Waals surface area contributed by atoms with Crippen molar-refractivity contribution in [1.82, 2.24) is 15.5 Å². The van der Waals surface area contributed by atoms with Crippen LogP contribution in [-0.2, 0) is 4.74 Å². The third kappa shape index (κ3) is 6.20. The van der Waals surface area contributed by atoms with Gasteiger partial charge in [-0.2, -0.15) is 0 Å². The largest absolute Gasteiger partial charge is 0.380 e. The highest BCUT2D eigenvalue weighted by molar-refractivity contribution is 14.0. The Labute approximate surface area is 152 Å². The fourth-order valence-corrected chi connectivity index (χ4v) is 2.92. The Bertz CT molecular complexity index is 339. The van der Waals surface area contributed by atoms with Gasteiger partial charge in [0.25, 0.3) is 0 Å². The quantitative estimate of drug-likeness (QED) is 0.390. The lowest BCUT2D eigenvalue weighted by atomic mass is 9.89. The second kappa shape index (κ2) is 9.93. The Kier molecular flexibility index (Phi) is 9.01. The van der Waals surface area contributed by atoms with Gasteiger partial charge in [0.2, 0.25) is 0 Å². The zero-order valence-electron chi connectivity index (χ0n) is 14.4. The van der Waals surface area contributed by atoms with Crippen molar-refractivity contribution in [2.75, 3.05) is 46.4 Å². The Morgan fingerprint density at radius 1 is 1.32 bits per heavy atom. The number of ether oxygens (including phenoxy) is 1. The van der Waals surface area contributed by atoms with E-state index in [0.29, 0.717) is 6.04 Å². The number of piperidine rings is 1. The smallest absolute Gasteiger partial charge is 0.191 e. The Morgan fingerprint density at radius 3 is 2.50 bits per heavy atom. The lowest BCUT2D eigenvalue weighted by Crippen LogP contribution is -2.53. The molecule has 2 aliphatic rings. The zero-order chi connectivity index (χ0) is 15.1. The summed E-state index contributed by atoms with van der Waals surface area (Å²) in [5, 5.41) is 7.02. The monoisotopic (exact) mass is 424 g/mol. The number of hydrogen-bond donors (Lipinski definition) is 2. The lowest BCUT2D eigenvalue weighted by Gasteiger charge is -2.39. The van der Waals surface area contributed by atoms with Crippen molar-refractivity contribution < 1.29 is 4.74 Å². The molecule has 0 atom stereocenters. The van der Waals surface area contributed by atoms with Crippen molar-refractivity contribution in [3.8, 4) is 0 Å². The van der Waals surface area contributed by atoms with Gasteiger partial charge in [0.05, 0.1) is 13.2 Å². The number of halogens is 1. The lowest BCUT2D eigenvalue weighted by molar-refractivity contribution is -0.0971. The summed E-state index contributed by atoms with van der Waals surface area (Å²) in [6, 6.07) is 0.555. The minimum absolute atomic E-state index is 0. The van der Waals surface area contributed by atoms with Gasteiger partial charge in [-0.15, -0.1) is 24.0 Å². The van der Waals surface area contributed by atoms with Crippen molar-refractivity contribution in [3.63, 3.8) is 0 Å². The molecule has 2 fully saturated rings. The average molecular weight is 424 g/mol. The van der Waals surface area contributed by atoms with Gasteiger partial charge in [0, 0.05) is 38.1 Å². The van der Waals surface area contributed by atoms with Crippen molar-refractivity contribution >= 4 is 29.9 Å². The number of nitrogens with one attached hydrogen (secondary N) is 2. The van der Waals surface area contributed by atoms with E-state index in [1.54, 1.807) is 0 Å². The van der Waals surface area contributed by atoms with E-state index in [1.807, 2.05) is 7.05 Å². The number of aliphatic imine (C=N–C) groups is 1. The fraction of sp³-hybridized carbons (Fsp3) is 0.938. The van der Waals surface area contributed by atoms with Crippen LogP contribution >= 0.6 is 24.0 Å². The molecule has 0 aliphatic carbocycles. The fourth-order valence-electron chi connectivity index (χ4n) is 2.92. The zero-order valence-corrected chi connectivity index (χ0v) is 16.7. The molecule has 0 unspecified atom stereocenters. The summed E-state index contributed by atoms with van der Waals surface area (Å²) in [5.41, 5.74) is 0.279. The molecule has 0 radical (unpaired) electrons. The Hall–Kier alpha value is -0.0800. The van der Waals surface area contributed by atoms with Gasteiger partial charge in [0.1, 0.15) is 0 Å². The molecule has 6 heteroatoms. The number of likely N-dealkylation sites (tertiary alicyclic amines) is 1. The van der Waals surface area contributed by atoms with Gasteiger partial charge in [-0.3, -0.25) is 4.99 Å². The molecule has 130 valence electrons. The Balaban J connectivity index is 0.00000242. The van der Waals surface area contributed by atoms with E-state index in [1.165, 1.54) is 45.3 Å². The SMILES string of the molecule is CCCCN1CCC(NC(=NC)NCC2(C)COC2)CC1.I. The molecule has 5 nitrogen and oxygen atoms in total. The first-order valence-corrected chi connectivity index (χ1v) is 8.42. The van der Waals surface area contributed by atoms with Gasteiger partial charge < -0.3 is 20.3 Å². The van der Waals surface area contributed by atoms with E-state index in [4.69, 9.17) is 4.74 Å². The molecule has 22 heavy (non-hydrogen) atoms. The first kappa shape index (κ1) is 20.0. The van der Waals surface area contributed by atoms with Crippen LogP contribution in [-0.4, -0.2) is 63.3 Å². The normalized spacial score (nSPS) is 22.6. The summed E-state index contributed by atoms with van der Waals surface area (Å²) in [7, 11) is 1.85. The molecular weight excluding hydrogens is 391 g/mol. The van der Waals surface area contributed by atoms with Crippen molar-refractivity contribution in [3.05, 3.63) is 0 Å². The average Bonchev–Trinajstić information content (AvgIpc) is 2.48. The molecule has 0 saturated carbocycles. The highest BCUT2D eigenvalue weighted by Crippen LogP contribution is 2.25. The summed E-state index contributed by atoms with van der Waals surface area (Å²) >= 11 is 0. The third-order valence-corrected chi connectivity index (χ3v) is 4.56. The van der Waals surface area contributed by atoms with E-state index in [0.717, 1.165) is 25.7 Å². The summed E-state index contributed by atoms with van der Waals surface area (Å²) in [6.45, 7) is 10.8. The van der Waals surface area contributed by atoms with Crippen LogP contribution < -0.4 is 10.6 Å². The molecule has 2 saturated heterocycles. The van der Waals surface area contributed by atoms with Crippen LogP contribution in [0.5, 0.6) is 0 Å². The van der Waals surface area contributed by atoms with Crippen LogP contribution in [0, 0.1) is 5.41 Å². The molecule has 0 amide bonds. The van der Waals surface area contributed by atoms with Crippen LogP contribution in [0.25, 0.3) is 0 Å². The molecule has 0 spiro atoms. The van der Waals surface area contributed by atoms with Crippen LogP contribution in [0.15, 0.2) is 4.99 Å². The number of nitrogens with zero attached hydrogens (tertiary/aromatic N) is 2. The molecule has 2 rings (SSSR count). The topological polar surface area (TPSA) is 48.9 Å². The maximum absolute atomic E-state index is 5.29. The molecule has 2 heterocycles. The summed E-state index contributed by atoms with van der Waals surface area (Å²) in [4.78, 5) is 6.94. The van der Waals surface area contributed by atoms with Gasteiger partial charge in [-0.1, -0.05) is 20.3 Å². The van der Waals surface area contributed by atoms with Crippen molar-refractivity contribution in [1.29, 1.82) is 0 Å². The second-order valence-electron chi connectivity index (χ2n) is 6.84. The van der Waals surface area contributed by atoms with Crippen LogP contribution in [0.4, 0.5) is 0 Å². The molecular formula is C16H33IN4O. The molecule has 2 N–H and O–H groups in total. The number of guanidine groups is 1. The maximum atomic E-state index is 5.29. The summed E-state index contributed by atoms with van der Waals surface area (Å²) in [5.74, 6) is 0.940. The van der Waals surface area contributed by atoms with Crippen LogP contribution in [0.1, 0.15) is 39.5 Å². The van der Waals surface area contributed by atoms with Gasteiger partial charge in [0.15, 0.2) is 5.96 Å². The molecule has 0 aromatic heterocycles. The molecule has 0 aromatic carbocycles. The predicted molar refractivity (Wildman–Crippen MR) is 103 cm³/mol. The van der Waals surface area contributed by atoms with E-state index in [9.17, 15) is 0 Å². The molecule has 0 aromatic rings. The second-order valence-corrected chi connectivity index (χ2v) is 6.84. The van der Waals surface area contributed by atoms with Crippen LogP contribution in [0.2, 0.25) is 0 Å². The molecule has 2 aliphatic heterocycles. The van der Waals surface area contributed by atoms with Crippen molar-refractivity contribution in [2.45, 2.75) is 45.6 Å². The highest BCUT2D eigenvalue weighted by Gasteiger charge is 2.33. The molecule has 0 bridgehead atoms. The first-order valence-electron chi connectivity index (χ1n) is 8.42. The summed E-state index contributed by atoms with van der Waals surface area (Å²) in [6.07, 6.45) is 5.04. The van der Waals surface area contributed by atoms with Gasteiger partial charge in [-0.25, -0.2) is 0 Å². The minimum Gasteiger partial charge on any atom is -0.380 e. The standard InChI is InChI=1S/C16H32N4O.HI/c1-4-5-8-20-9-6-14(7-10-20)19-15(17-3)18-11-16(2)12-21-13-16;/h14H,4-13H2,1-3H3,(H2,17,18,19);1H. The van der Waals surface area contributed by atoms with Crippen molar-refractivity contribution in [2.24, 2.45) is 10.4 Å². The van der Waals surface area contributed by atoms with Gasteiger partial charge in [-0.05, 0) is 25.8 Å². The third-order valence-electron chi connectivity index (χ3n) is 4.56. The maximum Gasteiger partial charge on any atom is 0.191 e. The highest BCUT2D eigenvalue weighted by atomic mass is 127.